The standard InChI is InChI=1S/C18H16FN7/c1-26-9-8-21-18(26)15(11-2-4-12(19)5-3-11)25-17-13-6-7-14(20)24-16(13)22-10-23-17/h2-10,15H,1H3,(H3,20,22,23,24,25)/t15-/m1/s1. The average Bonchev–Trinajstić information content (AvgIpc) is 3.06. The van der Waals surface area contributed by atoms with Crippen molar-refractivity contribution < 1.29 is 4.39 Å². The molecule has 3 heterocycles. The topological polar surface area (TPSA) is 94.5 Å². The molecule has 1 aromatic carbocycles. The average molecular weight is 349 g/mol. The normalized spacial score (nSPS) is 12.2. The van der Waals surface area contributed by atoms with Gasteiger partial charge in [-0.25, -0.2) is 24.3 Å². The Labute approximate surface area is 148 Å². The molecule has 0 radical (unpaired) electrons. The zero-order chi connectivity index (χ0) is 18.1. The van der Waals surface area contributed by atoms with Crippen molar-refractivity contribution in [3.63, 3.8) is 0 Å². The molecule has 4 aromatic rings. The summed E-state index contributed by atoms with van der Waals surface area (Å²) in [6.07, 6.45) is 5.00. The van der Waals surface area contributed by atoms with Crippen LogP contribution in [0.1, 0.15) is 17.4 Å². The van der Waals surface area contributed by atoms with Gasteiger partial charge in [-0.15, -0.1) is 0 Å². The van der Waals surface area contributed by atoms with Gasteiger partial charge in [0, 0.05) is 19.4 Å². The lowest BCUT2D eigenvalue weighted by molar-refractivity contribution is 0.626. The van der Waals surface area contributed by atoms with E-state index in [1.807, 2.05) is 23.9 Å². The van der Waals surface area contributed by atoms with Crippen LogP contribution in [-0.4, -0.2) is 24.5 Å². The number of halogens is 1. The lowest BCUT2D eigenvalue weighted by atomic mass is 10.1. The van der Waals surface area contributed by atoms with E-state index in [0.29, 0.717) is 17.3 Å². The Morgan fingerprint density at radius 3 is 2.62 bits per heavy atom. The molecule has 0 spiro atoms. The minimum absolute atomic E-state index is 0.292. The van der Waals surface area contributed by atoms with E-state index in [-0.39, 0.29) is 11.9 Å². The summed E-state index contributed by atoms with van der Waals surface area (Å²) in [5.41, 5.74) is 7.09. The summed E-state index contributed by atoms with van der Waals surface area (Å²) >= 11 is 0. The largest absolute Gasteiger partial charge is 0.384 e. The van der Waals surface area contributed by atoms with Crippen LogP contribution in [0.5, 0.6) is 0 Å². The molecule has 0 bridgehead atoms. The molecule has 3 aromatic heterocycles. The lowest BCUT2D eigenvalue weighted by Crippen LogP contribution is -2.18. The Kier molecular flexibility index (Phi) is 3.92. The van der Waals surface area contributed by atoms with Gasteiger partial charge in [-0.3, -0.25) is 0 Å². The van der Waals surface area contributed by atoms with E-state index in [0.717, 1.165) is 16.8 Å². The van der Waals surface area contributed by atoms with Crippen LogP contribution in [0, 0.1) is 5.82 Å². The molecule has 0 fully saturated rings. The number of benzene rings is 1. The number of fused-ring (bicyclic) bond motifs is 1. The maximum absolute atomic E-state index is 13.4. The first-order valence-corrected chi connectivity index (χ1v) is 7.98. The van der Waals surface area contributed by atoms with E-state index in [2.05, 4.69) is 25.3 Å². The molecular weight excluding hydrogens is 333 g/mol. The Morgan fingerprint density at radius 1 is 1.08 bits per heavy atom. The second-order valence-corrected chi connectivity index (χ2v) is 5.85. The molecule has 0 aliphatic rings. The molecule has 4 rings (SSSR count). The van der Waals surface area contributed by atoms with Gasteiger partial charge < -0.3 is 15.6 Å². The Balaban J connectivity index is 1.81. The maximum atomic E-state index is 13.4. The second kappa shape index (κ2) is 6.40. The smallest absolute Gasteiger partial charge is 0.166 e. The number of nitrogen functional groups attached to an aromatic ring is 1. The van der Waals surface area contributed by atoms with Gasteiger partial charge in [-0.05, 0) is 29.8 Å². The first-order chi connectivity index (χ1) is 12.6. The number of hydrogen-bond donors (Lipinski definition) is 2. The number of nitrogens with one attached hydrogen (secondary N) is 1. The third kappa shape index (κ3) is 2.92. The van der Waals surface area contributed by atoms with Crippen LogP contribution in [-0.2, 0) is 7.05 Å². The van der Waals surface area contributed by atoms with Crippen LogP contribution in [0.2, 0.25) is 0 Å². The zero-order valence-electron chi connectivity index (χ0n) is 14.0. The highest BCUT2D eigenvalue weighted by Crippen LogP contribution is 2.28. The number of nitrogens with zero attached hydrogens (tertiary/aromatic N) is 5. The summed E-state index contributed by atoms with van der Waals surface area (Å²) in [4.78, 5) is 17.2. The molecule has 1 atom stereocenters. The molecule has 0 unspecified atom stereocenters. The Morgan fingerprint density at radius 2 is 1.88 bits per heavy atom. The van der Waals surface area contributed by atoms with Gasteiger partial charge in [-0.2, -0.15) is 0 Å². The van der Waals surface area contributed by atoms with Gasteiger partial charge in [0.25, 0.3) is 0 Å². The summed E-state index contributed by atoms with van der Waals surface area (Å²) in [7, 11) is 1.90. The van der Waals surface area contributed by atoms with Crippen LogP contribution < -0.4 is 11.1 Å². The van der Waals surface area contributed by atoms with Gasteiger partial charge in [0.15, 0.2) is 5.65 Å². The van der Waals surface area contributed by atoms with Crippen LogP contribution >= 0.6 is 0 Å². The first kappa shape index (κ1) is 15.9. The number of rotatable bonds is 4. The van der Waals surface area contributed by atoms with Crippen molar-refractivity contribution in [1.82, 2.24) is 24.5 Å². The number of hydrogen-bond acceptors (Lipinski definition) is 6. The highest BCUT2D eigenvalue weighted by molar-refractivity contribution is 5.87. The molecule has 8 heteroatoms. The van der Waals surface area contributed by atoms with Crippen molar-refractivity contribution >= 4 is 22.7 Å². The van der Waals surface area contributed by atoms with Crippen molar-refractivity contribution in [3.05, 3.63) is 72.3 Å². The Hall–Kier alpha value is -3.55. The molecule has 0 saturated heterocycles. The van der Waals surface area contributed by atoms with E-state index < -0.39 is 0 Å². The first-order valence-electron chi connectivity index (χ1n) is 7.98. The fourth-order valence-corrected chi connectivity index (χ4v) is 2.82. The highest BCUT2D eigenvalue weighted by Gasteiger charge is 2.20. The van der Waals surface area contributed by atoms with Crippen LogP contribution in [0.4, 0.5) is 16.0 Å². The quantitative estimate of drug-likeness (QED) is 0.588. The second-order valence-electron chi connectivity index (χ2n) is 5.85. The molecule has 0 aliphatic heterocycles. The number of imidazole rings is 1. The number of aryl methyl sites for hydroxylation is 1. The minimum Gasteiger partial charge on any atom is -0.384 e. The van der Waals surface area contributed by atoms with Crippen molar-refractivity contribution in [1.29, 1.82) is 0 Å². The van der Waals surface area contributed by atoms with Gasteiger partial charge in [0.2, 0.25) is 0 Å². The van der Waals surface area contributed by atoms with Gasteiger partial charge >= 0.3 is 0 Å². The third-order valence-corrected chi connectivity index (χ3v) is 4.12. The highest BCUT2D eigenvalue weighted by atomic mass is 19.1. The zero-order valence-corrected chi connectivity index (χ0v) is 14.0. The SMILES string of the molecule is Cn1ccnc1[C@H](Nc1ncnc2nc(N)ccc12)c1ccc(F)cc1. The number of anilines is 2. The fraction of sp³-hybridized carbons (Fsp3) is 0.111. The van der Waals surface area contributed by atoms with E-state index in [1.54, 1.807) is 24.4 Å². The molecule has 0 aliphatic carbocycles. The third-order valence-electron chi connectivity index (χ3n) is 4.12. The Bertz CT molecular complexity index is 1060. The molecule has 7 nitrogen and oxygen atoms in total. The van der Waals surface area contributed by atoms with E-state index >= 15 is 0 Å². The monoisotopic (exact) mass is 349 g/mol. The van der Waals surface area contributed by atoms with Crippen molar-refractivity contribution in [2.75, 3.05) is 11.1 Å². The molecule has 0 amide bonds. The lowest BCUT2D eigenvalue weighted by Gasteiger charge is -2.20. The number of pyridine rings is 1. The van der Waals surface area contributed by atoms with Gasteiger partial charge in [-0.1, -0.05) is 12.1 Å². The van der Waals surface area contributed by atoms with Crippen LogP contribution in [0.3, 0.4) is 0 Å². The molecule has 26 heavy (non-hydrogen) atoms. The van der Waals surface area contributed by atoms with Crippen molar-refractivity contribution in [3.8, 4) is 0 Å². The van der Waals surface area contributed by atoms with E-state index in [1.165, 1.54) is 18.5 Å². The van der Waals surface area contributed by atoms with Gasteiger partial charge in [0.1, 0.15) is 35.6 Å². The van der Waals surface area contributed by atoms with Crippen LogP contribution in [0.25, 0.3) is 11.0 Å². The molecule has 3 N–H and O–H groups in total. The summed E-state index contributed by atoms with van der Waals surface area (Å²) < 4.78 is 15.3. The predicted molar refractivity (Wildman–Crippen MR) is 96.8 cm³/mol. The molecular formula is C18H16FN7. The molecule has 130 valence electrons. The fourth-order valence-electron chi connectivity index (χ4n) is 2.82. The molecule has 0 saturated carbocycles. The summed E-state index contributed by atoms with van der Waals surface area (Å²) in [5.74, 6) is 1.47. The van der Waals surface area contributed by atoms with Gasteiger partial charge in [0.05, 0.1) is 5.39 Å². The maximum Gasteiger partial charge on any atom is 0.166 e. The summed E-state index contributed by atoms with van der Waals surface area (Å²) in [6.45, 7) is 0. The van der Waals surface area contributed by atoms with E-state index in [4.69, 9.17) is 5.73 Å². The van der Waals surface area contributed by atoms with Crippen molar-refractivity contribution in [2.24, 2.45) is 7.05 Å². The predicted octanol–water partition coefficient (Wildman–Crippen LogP) is 2.68. The summed E-state index contributed by atoms with van der Waals surface area (Å²) in [5, 5.41) is 4.12. The van der Waals surface area contributed by atoms with Crippen molar-refractivity contribution in [2.45, 2.75) is 6.04 Å². The number of aromatic nitrogens is 5. The summed E-state index contributed by atoms with van der Waals surface area (Å²) in [6, 6.07) is 9.49. The number of nitrogens with two attached hydrogens (primary N) is 1. The van der Waals surface area contributed by atoms with Crippen LogP contribution in [0.15, 0.2) is 55.1 Å². The van der Waals surface area contributed by atoms with E-state index in [9.17, 15) is 4.39 Å². The minimum atomic E-state index is -0.328.